The molecule has 14 rings (SSSR count). The van der Waals surface area contributed by atoms with E-state index < -0.39 is 0 Å². The van der Waals surface area contributed by atoms with E-state index in [-0.39, 0.29) is 0 Å². The number of hydrogen-bond donors (Lipinski definition) is 0. The highest BCUT2D eigenvalue weighted by Crippen LogP contribution is 2.44. The number of hydrogen-bond acceptors (Lipinski definition) is 5. The summed E-state index contributed by atoms with van der Waals surface area (Å²) in [5.41, 5.74) is 12.4. The van der Waals surface area contributed by atoms with Crippen LogP contribution >= 0.6 is 0 Å². The van der Waals surface area contributed by atoms with Crippen LogP contribution in [0.1, 0.15) is 0 Å². The second-order valence-electron chi connectivity index (χ2n) is 17.5. The standard InChI is InChI=1S/C63H37N3O2/c1-2-14-38(15-3-1)46-36-55(53-34-42-18-6-7-21-47(42)49-22-8-9-23-50(49)53)60-56(37-46)54-35-45(30-31-58(54)68-60)63-65-61(64-62(66-63)44-29-28-39-16-4-5-17-40(39)32-44)43-20-12-19-41(33-43)48-25-13-26-52-51-24-10-11-27-57(51)67-59(48)52/h1-37H. The maximum Gasteiger partial charge on any atom is 0.164 e. The van der Waals surface area contributed by atoms with E-state index in [1.54, 1.807) is 0 Å². The van der Waals surface area contributed by atoms with Gasteiger partial charge in [-0.15, -0.1) is 0 Å². The van der Waals surface area contributed by atoms with Crippen molar-refractivity contribution in [3.05, 3.63) is 224 Å². The van der Waals surface area contributed by atoms with Gasteiger partial charge in [0.2, 0.25) is 0 Å². The fraction of sp³-hybridized carbons (Fsp3) is 0. The Balaban J connectivity index is 0.974. The van der Waals surface area contributed by atoms with Crippen molar-refractivity contribution in [3.63, 3.8) is 0 Å². The third-order valence-electron chi connectivity index (χ3n) is 13.5. The van der Waals surface area contributed by atoms with Crippen LogP contribution in [0.5, 0.6) is 0 Å². The minimum Gasteiger partial charge on any atom is -0.455 e. The van der Waals surface area contributed by atoms with Crippen LogP contribution in [0.3, 0.4) is 0 Å². The van der Waals surface area contributed by atoms with Crippen molar-refractivity contribution in [1.29, 1.82) is 0 Å². The summed E-state index contributed by atoms with van der Waals surface area (Å²) in [6.07, 6.45) is 0. The average Bonchev–Trinajstić information content (AvgIpc) is 3.99. The third kappa shape index (κ3) is 6.21. The van der Waals surface area contributed by atoms with Crippen molar-refractivity contribution in [2.75, 3.05) is 0 Å². The Hall–Kier alpha value is -9.19. The summed E-state index contributed by atoms with van der Waals surface area (Å²) >= 11 is 0. The minimum atomic E-state index is 0.569. The molecule has 14 aromatic rings. The van der Waals surface area contributed by atoms with Crippen LogP contribution in [-0.2, 0) is 0 Å². The van der Waals surface area contributed by atoms with Crippen molar-refractivity contribution < 1.29 is 8.83 Å². The molecule has 316 valence electrons. The molecule has 0 spiro atoms. The monoisotopic (exact) mass is 867 g/mol. The molecule has 0 fully saturated rings. The third-order valence-corrected chi connectivity index (χ3v) is 13.5. The van der Waals surface area contributed by atoms with E-state index in [0.29, 0.717) is 17.5 Å². The van der Waals surface area contributed by atoms with E-state index in [1.807, 2.05) is 12.1 Å². The van der Waals surface area contributed by atoms with Crippen molar-refractivity contribution in [3.8, 4) is 67.5 Å². The normalized spacial score (nSPS) is 11.8. The molecule has 0 N–H and O–H groups in total. The second kappa shape index (κ2) is 15.2. The largest absolute Gasteiger partial charge is 0.455 e. The molecule has 5 heteroatoms. The van der Waals surface area contributed by atoms with Gasteiger partial charge in [-0.2, -0.15) is 0 Å². The Kier molecular flexibility index (Phi) is 8.52. The minimum absolute atomic E-state index is 0.569. The molecule has 11 aromatic carbocycles. The highest BCUT2D eigenvalue weighted by atomic mass is 16.3. The lowest BCUT2D eigenvalue weighted by atomic mass is 9.90. The van der Waals surface area contributed by atoms with Gasteiger partial charge in [0.15, 0.2) is 17.5 Å². The maximum atomic E-state index is 6.95. The van der Waals surface area contributed by atoms with Crippen molar-refractivity contribution in [2.45, 2.75) is 0 Å². The highest BCUT2D eigenvalue weighted by Gasteiger charge is 2.21. The molecule has 68 heavy (non-hydrogen) atoms. The smallest absolute Gasteiger partial charge is 0.164 e. The second-order valence-corrected chi connectivity index (χ2v) is 17.5. The van der Waals surface area contributed by atoms with Gasteiger partial charge in [-0.1, -0.05) is 170 Å². The van der Waals surface area contributed by atoms with Crippen LogP contribution in [0.15, 0.2) is 233 Å². The molecule has 0 aliphatic rings. The van der Waals surface area contributed by atoms with Crippen molar-refractivity contribution in [2.24, 2.45) is 0 Å². The van der Waals surface area contributed by atoms with Crippen LogP contribution in [0.2, 0.25) is 0 Å². The van der Waals surface area contributed by atoms with E-state index in [0.717, 1.165) is 105 Å². The predicted molar refractivity (Wildman–Crippen MR) is 280 cm³/mol. The Morgan fingerprint density at radius 1 is 0.235 bits per heavy atom. The van der Waals surface area contributed by atoms with Gasteiger partial charge in [0, 0.05) is 49.4 Å². The molecule has 0 saturated carbocycles. The lowest BCUT2D eigenvalue weighted by Crippen LogP contribution is -2.00. The van der Waals surface area contributed by atoms with E-state index >= 15 is 0 Å². The first-order chi connectivity index (χ1) is 33.7. The lowest BCUT2D eigenvalue weighted by Gasteiger charge is -2.13. The van der Waals surface area contributed by atoms with Crippen LogP contribution in [0, 0.1) is 0 Å². The number of furan rings is 2. The lowest BCUT2D eigenvalue weighted by molar-refractivity contribution is 0.669. The number of para-hydroxylation sites is 2. The Morgan fingerprint density at radius 2 is 0.794 bits per heavy atom. The molecular formula is C63H37N3O2. The van der Waals surface area contributed by atoms with Gasteiger partial charge in [-0.25, -0.2) is 15.0 Å². The summed E-state index contributed by atoms with van der Waals surface area (Å²) in [5.74, 6) is 1.74. The van der Waals surface area contributed by atoms with Crippen molar-refractivity contribution >= 4 is 76.2 Å². The van der Waals surface area contributed by atoms with Gasteiger partial charge < -0.3 is 8.83 Å². The molecule has 0 radical (unpaired) electrons. The summed E-state index contributed by atoms with van der Waals surface area (Å²) in [6, 6.07) is 78.8. The Labute approximate surface area is 390 Å². The number of benzene rings is 11. The summed E-state index contributed by atoms with van der Waals surface area (Å²) in [6.45, 7) is 0. The fourth-order valence-electron chi connectivity index (χ4n) is 10.2. The topological polar surface area (TPSA) is 65.0 Å². The number of rotatable bonds is 6. The van der Waals surface area contributed by atoms with Gasteiger partial charge in [0.1, 0.15) is 22.3 Å². The maximum absolute atomic E-state index is 6.95. The molecule has 0 saturated heterocycles. The van der Waals surface area contributed by atoms with Gasteiger partial charge in [0.25, 0.3) is 0 Å². The number of aromatic nitrogens is 3. The van der Waals surface area contributed by atoms with Crippen LogP contribution in [-0.4, -0.2) is 15.0 Å². The summed E-state index contributed by atoms with van der Waals surface area (Å²) < 4.78 is 13.4. The molecule has 0 amide bonds. The molecule has 3 heterocycles. The van der Waals surface area contributed by atoms with E-state index in [1.165, 1.54) is 21.5 Å². The van der Waals surface area contributed by atoms with Gasteiger partial charge in [0.05, 0.1) is 0 Å². The summed E-state index contributed by atoms with van der Waals surface area (Å²) in [7, 11) is 0. The first-order valence-corrected chi connectivity index (χ1v) is 22.9. The molecule has 5 nitrogen and oxygen atoms in total. The van der Waals surface area contributed by atoms with Crippen LogP contribution in [0.25, 0.3) is 144 Å². The Bertz CT molecular complexity index is 4340. The Morgan fingerprint density at radius 3 is 1.62 bits per heavy atom. The fourth-order valence-corrected chi connectivity index (χ4v) is 10.2. The predicted octanol–water partition coefficient (Wildman–Crippen LogP) is 17.1. The first-order valence-electron chi connectivity index (χ1n) is 22.9. The van der Waals surface area contributed by atoms with E-state index in [4.69, 9.17) is 23.8 Å². The molecular weight excluding hydrogens is 831 g/mol. The summed E-state index contributed by atoms with van der Waals surface area (Å²) in [5, 5.41) is 11.3. The molecule has 3 aromatic heterocycles. The molecule has 0 aliphatic carbocycles. The molecule has 0 bridgehead atoms. The van der Waals surface area contributed by atoms with Gasteiger partial charge in [-0.05, 0) is 109 Å². The molecule has 0 aliphatic heterocycles. The van der Waals surface area contributed by atoms with Crippen LogP contribution in [0.4, 0.5) is 0 Å². The van der Waals surface area contributed by atoms with Crippen LogP contribution < -0.4 is 0 Å². The quantitative estimate of drug-likeness (QED) is 0.156. The van der Waals surface area contributed by atoms with Crippen molar-refractivity contribution in [1.82, 2.24) is 15.0 Å². The zero-order valence-corrected chi connectivity index (χ0v) is 36.5. The zero-order valence-electron chi connectivity index (χ0n) is 36.5. The average molecular weight is 868 g/mol. The summed E-state index contributed by atoms with van der Waals surface area (Å²) in [4.78, 5) is 15.7. The molecule has 0 atom stereocenters. The first kappa shape index (κ1) is 38.1. The highest BCUT2D eigenvalue weighted by molar-refractivity contribution is 6.19. The van der Waals surface area contributed by atoms with Gasteiger partial charge >= 0.3 is 0 Å². The van der Waals surface area contributed by atoms with E-state index in [2.05, 4.69) is 212 Å². The number of fused-ring (bicyclic) bond motifs is 10. The number of nitrogens with zero attached hydrogens (tertiary/aromatic N) is 3. The van der Waals surface area contributed by atoms with E-state index in [9.17, 15) is 0 Å². The SMILES string of the molecule is c1ccc(-c2cc(-c3cc4ccccc4c4ccccc34)c3oc4ccc(-c5nc(-c6cccc(-c7cccc8c7oc7ccccc78)c6)nc(-c6ccc7ccccc7c6)n5)cc4c3c2)cc1. The molecule has 0 unspecified atom stereocenters. The zero-order chi connectivity index (χ0) is 44.7. The van der Waals surface area contributed by atoms with Gasteiger partial charge in [-0.3, -0.25) is 0 Å².